The van der Waals surface area contributed by atoms with Crippen LogP contribution in [0.3, 0.4) is 0 Å². The highest BCUT2D eigenvalue weighted by molar-refractivity contribution is 5.97. The SMILES string of the molecule is CC(C)C[C@@H](NC(=O)[C@@H](Cc1ccccc1)NC(=O)[C@H](N)Cc1ccccc1)C(=O)N[C@H](CCCCNC(=O)C1(N)CCN(C(=O)[C@@H](CCCCN)NC(=O)[C@@H](CC(C)C)NC(=O)[C@@H](Cc2ccccc2)NC(=O)[C@H](N)Cc2ccccc2)CC1)C(=O)N1CCC(N)(C(=O)O)CC1. The van der Waals surface area contributed by atoms with Crippen molar-refractivity contribution in [3.63, 3.8) is 0 Å². The molecule has 528 valence electrons. The molecule has 4 aromatic carbocycles. The predicted molar refractivity (Wildman–Crippen MR) is 370 cm³/mol. The van der Waals surface area contributed by atoms with E-state index in [2.05, 4.69) is 37.2 Å². The minimum Gasteiger partial charge on any atom is -0.480 e. The normalized spacial score (nSPS) is 16.8. The van der Waals surface area contributed by atoms with Crippen molar-refractivity contribution in [2.75, 3.05) is 39.3 Å². The van der Waals surface area contributed by atoms with Crippen LogP contribution < -0.4 is 65.9 Å². The number of nitrogens with one attached hydrogen (secondary N) is 7. The number of nitrogens with zero attached hydrogens (tertiary/aromatic N) is 2. The Balaban J connectivity index is 1.07. The van der Waals surface area contributed by atoms with Gasteiger partial charge < -0.3 is 80.8 Å². The van der Waals surface area contributed by atoms with Crippen LogP contribution in [0.25, 0.3) is 0 Å². The molecule has 25 heteroatoms. The average Bonchev–Trinajstić information content (AvgIpc) is 0.875. The van der Waals surface area contributed by atoms with Crippen LogP contribution in [0.1, 0.15) is 127 Å². The summed E-state index contributed by atoms with van der Waals surface area (Å²) >= 11 is 0. The van der Waals surface area contributed by atoms with Crippen molar-refractivity contribution in [2.24, 2.45) is 40.5 Å². The Hall–Kier alpha value is -8.62. The number of carbonyl (C=O) groups is 10. The second-order valence-corrected chi connectivity index (χ2v) is 26.9. The van der Waals surface area contributed by atoms with Gasteiger partial charge in [0.15, 0.2) is 0 Å². The zero-order valence-corrected chi connectivity index (χ0v) is 56.7. The number of hydrogen-bond donors (Lipinski definition) is 13. The Kier molecular flexibility index (Phi) is 30.6. The number of carbonyl (C=O) groups excluding carboxylic acids is 9. The number of rotatable bonds is 37. The number of likely N-dealkylation sites (tertiary alicyclic amines) is 2. The molecule has 9 amide bonds. The average molecular weight is 1340 g/mol. The second-order valence-electron chi connectivity index (χ2n) is 26.9. The summed E-state index contributed by atoms with van der Waals surface area (Å²) in [6.07, 6.45) is 3.20. The van der Waals surface area contributed by atoms with Crippen LogP contribution in [0, 0.1) is 11.8 Å². The van der Waals surface area contributed by atoms with Crippen molar-refractivity contribution in [3.8, 4) is 0 Å². The van der Waals surface area contributed by atoms with Crippen LogP contribution in [0.4, 0.5) is 0 Å². The van der Waals surface area contributed by atoms with Crippen LogP contribution in [-0.4, -0.2) is 173 Å². The highest BCUT2D eigenvalue weighted by Gasteiger charge is 2.43. The van der Waals surface area contributed by atoms with E-state index in [9.17, 15) is 53.1 Å². The van der Waals surface area contributed by atoms with E-state index < -0.39 is 113 Å². The molecule has 6 rings (SSSR count). The first-order valence-corrected chi connectivity index (χ1v) is 34.1. The molecule has 97 heavy (non-hydrogen) atoms. The smallest absolute Gasteiger partial charge is 0.323 e. The van der Waals surface area contributed by atoms with Crippen LogP contribution >= 0.6 is 0 Å². The molecule has 18 N–H and O–H groups in total. The standard InChI is InChI=1S/C72H104N14O11/c1-47(2)41-57(83-65(91)59(45-51-25-13-7-14-26-51)81-61(87)53(74)43-49-21-9-5-10-22-49)63(89)79-55(29-17-19-35-73)67(93)85-37-31-71(76,32-38-85)69(95)78-36-20-18-30-56(68(94)86-39-33-72(77,34-40-86)70(96)97)80-64(90)58(42-48(3)4)84-66(92)60(46-52-27-15-8-16-28-52)82-62(88)54(75)44-50-23-11-6-12-24-50/h5-16,21-28,47-48,53-60H,17-20,29-46,73-77H2,1-4H3,(H,78,95)(H,79,89)(H,80,90)(H,81,87)(H,82,88)(H,83,91)(H,84,92)(H,96,97)/t53-,54-,55-,56-,57-,58-,59-,60-/m1/s1. The van der Waals surface area contributed by atoms with Crippen LogP contribution in [-0.2, 0) is 73.6 Å². The van der Waals surface area contributed by atoms with Gasteiger partial charge in [-0.25, -0.2) is 0 Å². The molecule has 0 spiro atoms. The first kappa shape index (κ1) is 77.4. The first-order valence-electron chi connectivity index (χ1n) is 34.1. The van der Waals surface area contributed by atoms with E-state index in [0.717, 1.165) is 22.3 Å². The number of amides is 9. The minimum absolute atomic E-state index is 0.0134. The third-order valence-electron chi connectivity index (χ3n) is 18.0. The molecule has 2 fully saturated rings. The van der Waals surface area contributed by atoms with E-state index >= 15 is 0 Å². The number of benzene rings is 4. The molecule has 2 heterocycles. The molecule has 2 aliphatic heterocycles. The van der Waals surface area contributed by atoms with Crippen LogP contribution in [0.15, 0.2) is 121 Å². The lowest BCUT2D eigenvalue weighted by Crippen LogP contribution is -2.62. The van der Waals surface area contributed by atoms with E-state index in [4.69, 9.17) is 28.7 Å². The monoisotopic (exact) mass is 1340 g/mol. The molecule has 25 nitrogen and oxygen atoms in total. The summed E-state index contributed by atoms with van der Waals surface area (Å²) in [4.78, 5) is 143. The lowest BCUT2D eigenvalue weighted by molar-refractivity contribution is -0.148. The summed E-state index contributed by atoms with van der Waals surface area (Å²) in [5.74, 6) is -6.28. The Bertz CT molecular complexity index is 3200. The number of aliphatic carboxylic acids is 1. The van der Waals surface area contributed by atoms with Gasteiger partial charge >= 0.3 is 5.97 Å². The quantitative estimate of drug-likeness (QED) is 0.0286. The number of nitrogens with two attached hydrogens (primary N) is 5. The first-order chi connectivity index (χ1) is 46.3. The second kappa shape index (κ2) is 38.4. The highest BCUT2D eigenvalue weighted by Crippen LogP contribution is 2.24. The van der Waals surface area contributed by atoms with Crippen LogP contribution in [0.5, 0.6) is 0 Å². The van der Waals surface area contributed by atoms with E-state index in [-0.39, 0.29) is 128 Å². The largest absolute Gasteiger partial charge is 0.480 e. The molecule has 0 aliphatic carbocycles. The van der Waals surface area contributed by atoms with Crippen molar-refractivity contribution in [2.45, 2.75) is 190 Å². The molecule has 0 bridgehead atoms. The summed E-state index contributed by atoms with van der Waals surface area (Å²) in [6.45, 7) is 8.24. The molecule has 0 radical (unpaired) electrons. The highest BCUT2D eigenvalue weighted by atomic mass is 16.4. The summed E-state index contributed by atoms with van der Waals surface area (Å²) in [5.41, 5.74) is 31.8. The predicted octanol–water partition coefficient (Wildman–Crippen LogP) is 1.75. The van der Waals surface area contributed by atoms with Gasteiger partial charge in [0.05, 0.1) is 17.6 Å². The van der Waals surface area contributed by atoms with Gasteiger partial charge in [-0.05, 0) is 131 Å². The Morgan fingerprint density at radius 1 is 0.423 bits per heavy atom. The topological polar surface area (TPSA) is 412 Å². The number of piperidine rings is 2. The molecule has 0 unspecified atom stereocenters. The van der Waals surface area contributed by atoms with Gasteiger partial charge in [0.2, 0.25) is 53.2 Å². The number of carboxylic acid groups (broad SMARTS) is 1. The van der Waals surface area contributed by atoms with Gasteiger partial charge in [-0.3, -0.25) is 47.9 Å². The third-order valence-corrected chi connectivity index (χ3v) is 18.0. The lowest BCUT2D eigenvalue weighted by atomic mass is 9.87. The van der Waals surface area contributed by atoms with Crippen molar-refractivity contribution >= 4 is 59.1 Å². The number of hydrogen-bond acceptors (Lipinski definition) is 15. The molecule has 4 aromatic rings. The van der Waals surface area contributed by atoms with E-state index in [1.807, 2.05) is 137 Å². The van der Waals surface area contributed by atoms with Crippen molar-refractivity contribution < 1.29 is 53.1 Å². The van der Waals surface area contributed by atoms with Crippen molar-refractivity contribution in [1.29, 1.82) is 0 Å². The Morgan fingerprint density at radius 3 is 1.07 bits per heavy atom. The summed E-state index contributed by atoms with van der Waals surface area (Å²) < 4.78 is 0. The lowest BCUT2D eigenvalue weighted by Gasteiger charge is -2.39. The third kappa shape index (κ3) is 24.8. The van der Waals surface area contributed by atoms with Gasteiger partial charge in [-0.2, -0.15) is 0 Å². The van der Waals surface area contributed by atoms with E-state index in [1.165, 1.54) is 4.90 Å². The van der Waals surface area contributed by atoms with Gasteiger partial charge in [-0.15, -0.1) is 0 Å². The molecule has 0 aromatic heterocycles. The zero-order valence-electron chi connectivity index (χ0n) is 56.7. The molecular formula is C72H104N14O11. The fourth-order valence-electron chi connectivity index (χ4n) is 12.1. The van der Waals surface area contributed by atoms with Gasteiger partial charge in [-0.1, -0.05) is 149 Å². The molecule has 0 saturated carbocycles. The Morgan fingerprint density at radius 2 is 0.732 bits per heavy atom. The van der Waals surface area contributed by atoms with E-state index in [1.54, 1.807) is 17.0 Å². The van der Waals surface area contributed by atoms with Gasteiger partial charge in [0.1, 0.15) is 41.8 Å². The zero-order chi connectivity index (χ0) is 70.7. The van der Waals surface area contributed by atoms with Gasteiger partial charge in [0, 0.05) is 45.6 Å². The van der Waals surface area contributed by atoms with Crippen molar-refractivity contribution in [1.82, 2.24) is 47.0 Å². The van der Waals surface area contributed by atoms with Crippen LogP contribution in [0.2, 0.25) is 0 Å². The van der Waals surface area contributed by atoms with E-state index in [0.29, 0.717) is 32.2 Å². The van der Waals surface area contributed by atoms with Crippen molar-refractivity contribution in [3.05, 3.63) is 144 Å². The summed E-state index contributed by atoms with van der Waals surface area (Å²) in [5, 5.41) is 30.0. The molecule has 8 atom stereocenters. The molecular weight excluding hydrogens is 1240 g/mol. The maximum absolute atomic E-state index is 14.5. The summed E-state index contributed by atoms with van der Waals surface area (Å²) in [6, 6.07) is 28.1. The van der Waals surface area contributed by atoms with Gasteiger partial charge in [0.25, 0.3) is 0 Å². The fraction of sp³-hybridized carbons (Fsp3) is 0.528. The minimum atomic E-state index is -1.54. The maximum atomic E-state index is 14.5. The number of carboxylic acids is 1. The number of unbranched alkanes of at least 4 members (excludes halogenated alkanes) is 2. The molecule has 2 saturated heterocycles. The fourth-order valence-corrected chi connectivity index (χ4v) is 12.1. The maximum Gasteiger partial charge on any atom is 0.323 e. The summed E-state index contributed by atoms with van der Waals surface area (Å²) in [7, 11) is 0. The molecule has 2 aliphatic rings. The Labute approximate surface area is 570 Å².